The minimum atomic E-state index is -3.34. The van der Waals surface area contributed by atoms with E-state index >= 15 is 0 Å². The number of rotatable bonds is 6. The van der Waals surface area contributed by atoms with E-state index in [1.165, 1.54) is 4.90 Å². The Morgan fingerprint density at radius 1 is 1.30 bits per heavy atom. The van der Waals surface area contributed by atoms with Gasteiger partial charge in [-0.1, -0.05) is 0 Å². The zero-order valence-corrected chi connectivity index (χ0v) is 14.0. The Balaban J connectivity index is 2.04. The Labute approximate surface area is 136 Å². The number of aliphatic hydroxyl groups excluding tert-OH is 1. The number of β-amino-alcohol motifs (C(OH)–C–C–N with tert-alkyl or cyclic N) is 1. The lowest BCUT2D eigenvalue weighted by Gasteiger charge is -2.16. The predicted molar refractivity (Wildman–Crippen MR) is 86.8 cm³/mol. The molecule has 1 aromatic carbocycles. The second-order valence-electron chi connectivity index (χ2n) is 5.35. The average Bonchev–Trinajstić information content (AvgIpc) is 2.88. The second kappa shape index (κ2) is 7.29. The Morgan fingerprint density at radius 2 is 1.96 bits per heavy atom. The summed E-state index contributed by atoms with van der Waals surface area (Å²) in [5.74, 6) is -0.228. The van der Waals surface area contributed by atoms with E-state index in [1.54, 1.807) is 31.2 Å². The molecule has 0 aliphatic carbocycles. The van der Waals surface area contributed by atoms with Crippen LogP contribution >= 0.6 is 0 Å². The van der Waals surface area contributed by atoms with Crippen molar-refractivity contribution in [2.45, 2.75) is 26.1 Å². The van der Waals surface area contributed by atoms with Gasteiger partial charge in [0.15, 0.2) is 0 Å². The summed E-state index contributed by atoms with van der Waals surface area (Å²) in [5.41, 5.74) is 0.853. The second-order valence-corrected chi connectivity index (χ2v) is 7.37. The number of carbonyl (C=O) groups is 1. The molecule has 1 aliphatic rings. The fourth-order valence-corrected chi connectivity index (χ4v) is 3.06. The lowest BCUT2D eigenvalue weighted by atomic mass is 10.2. The first-order chi connectivity index (χ1) is 10.9. The van der Waals surface area contributed by atoms with Crippen molar-refractivity contribution < 1.29 is 23.1 Å². The minimum absolute atomic E-state index is 0.0157. The molecule has 2 N–H and O–H groups in total. The molecule has 2 rings (SSSR count). The lowest BCUT2D eigenvalue weighted by Crippen LogP contribution is -2.30. The zero-order valence-electron chi connectivity index (χ0n) is 13.2. The summed E-state index contributed by atoms with van der Waals surface area (Å²) < 4.78 is 30.8. The summed E-state index contributed by atoms with van der Waals surface area (Å²) in [6, 6.07) is 6.23. The number of benzene rings is 1. The van der Waals surface area contributed by atoms with E-state index in [9.17, 15) is 18.3 Å². The van der Waals surface area contributed by atoms with Gasteiger partial charge in [-0.15, -0.1) is 0 Å². The van der Waals surface area contributed by atoms with Gasteiger partial charge < -0.3 is 14.7 Å². The van der Waals surface area contributed by atoms with Crippen molar-refractivity contribution in [3.63, 3.8) is 0 Å². The highest BCUT2D eigenvalue weighted by Crippen LogP contribution is 2.18. The van der Waals surface area contributed by atoms with Crippen LogP contribution in [0.1, 0.15) is 24.2 Å². The van der Waals surface area contributed by atoms with Gasteiger partial charge in [0, 0.05) is 30.9 Å². The molecule has 7 nitrogen and oxygen atoms in total. The summed E-state index contributed by atoms with van der Waals surface area (Å²) in [4.78, 5) is 14.0. The molecule has 0 aromatic heterocycles. The maximum absolute atomic E-state index is 12.4. The number of aliphatic hydroxyl groups is 1. The van der Waals surface area contributed by atoms with Crippen LogP contribution in [-0.2, 0) is 14.8 Å². The normalized spacial score (nSPS) is 21.4. The summed E-state index contributed by atoms with van der Waals surface area (Å²) in [6.45, 7) is 4.45. The molecule has 1 aliphatic heterocycles. The maximum atomic E-state index is 12.4. The number of amides is 1. The Kier molecular flexibility index (Phi) is 5.61. The van der Waals surface area contributed by atoms with Crippen LogP contribution < -0.4 is 4.72 Å². The van der Waals surface area contributed by atoms with E-state index in [0.717, 1.165) is 0 Å². The highest BCUT2D eigenvalue weighted by Gasteiger charge is 2.34. The van der Waals surface area contributed by atoms with Crippen LogP contribution in [0.3, 0.4) is 0 Å². The number of nitrogens with one attached hydrogen (secondary N) is 1. The Bertz CT molecular complexity index is 644. The average molecular weight is 342 g/mol. The van der Waals surface area contributed by atoms with E-state index in [-0.39, 0.29) is 24.3 Å². The zero-order chi connectivity index (χ0) is 17.0. The fraction of sp³-hybridized carbons (Fsp3) is 0.533. The number of hydrogen-bond donors (Lipinski definition) is 2. The third kappa shape index (κ3) is 4.43. The first-order valence-electron chi connectivity index (χ1n) is 7.55. The molecule has 1 aromatic rings. The Morgan fingerprint density at radius 3 is 2.52 bits per heavy atom. The van der Waals surface area contributed by atoms with E-state index in [1.807, 2.05) is 6.92 Å². The van der Waals surface area contributed by atoms with Crippen molar-refractivity contribution in [3.05, 3.63) is 29.8 Å². The summed E-state index contributed by atoms with van der Waals surface area (Å²) in [7, 11) is -3.34. The molecule has 0 radical (unpaired) electrons. The highest BCUT2D eigenvalue weighted by molar-refractivity contribution is 7.92. The number of hydrogen-bond acceptors (Lipinski definition) is 5. The SMILES string of the molecule is CCO[C@@H]1CN(C(=O)c2ccc(NS(=O)(=O)CC)cc2)C[C@H]1O. The van der Waals surface area contributed by atoms with Crippen molar-refractivity contribution in [2.75, 3.05) is 30.2 Å². The molecule has 1 fully saturated rings. The molecule has 2 atom stereocenters. The van der Waals surface area contributed by atoms with Gasteiger partial charge in [0.1, 0.15) is 6.10 Å². The number of carbonyl (C=O) groups excluding carboxylic acids is 1. The molecule has 23 heavy (non-hydrogen) atoms. The first kappa shape index (κ1) is 17.7. The number of sulfonamides is 1. The van der Waals surface area contributed by atoms with Gasteiger partial charge in [-0.05, 0) is 38.1 Å². The van der Waals surface area contributed by atoms with Crippen LogP contribution in [0.5, 0.6) is 0 Å². The molecule has 1 amide bonds. The molecule has 8 heteroatoms. The molecule has 128 valence electrons. The minimum Gasteiger partial charge on any atom is -0.388 e. The van der Waals surface area contributed by atoms with E-state index < -0.39 is 16.1 Å². The number of nitrogens with zero attached hydrogens (tertiary/aromatic N) is 1. The molecular weight excluding hydrogens is 320 g/mol. The highest BCUT2D eigenvalue weighted by atomic mass is 32.2. The van der Waals surface area contributed by atoms with Crippen molar-refractivity contribution in [2.24, 2.45) is 0 Å². The number of likely N-dealkylation sites (tertiary alicyclic amines) is 1. The van der Waals surface area contributed by atoms with Gasteiger partial charge in [-0.3, -0.25) is 9.52 Å². The van der Waals surface area contributed by atoms with Crippen LogP contribution in [0, 0.1) is 0 Å². The fourth-order valence-electron chi connectivity index (χ4n) is 2.42. The summed E-state index contributed by atoms with van der Waals surface area (Å²) in [5, 5.41) is 9.89. The predicted octanol–water partition coefficient (Wildman–Crippen LogP) is 0.670. The summed E-state index contributed by atoms with van der Waals surface area (Å²) >= 11 is 0. The van der Waals surface area contributed by atoms with E-state index in [4.69, 9.17) is 4.74 Å². The van der Waals surface area contributed by atoms with Crippen molar-refractivity contribution in [3.8, 4) is 0 Å². The molecule has 0 unspecified atom stereocenters. The van der Waals surface area contributed by atoms with Crippen molar-refractivity contribution in [1.82, 2.24) is 4.90 Å². The third-order valence-electron chi connectivity index (χ3n) is 3.69. The van der Waals surface area contributed by atoms with Gasteiger partial charge >= 0.3 is 0 Å². The van der Waals surface area contributed by atoms with Gasteiger partial charge in [-0.25, -0.2) is 8.42 Å². The van der Waals surface area contributed by atoms with Gasteiger partial charge in [0.25, 0.3) is 5.91 Å². The lowest BCUT2D eigenvalue weighted by molar-refractivity contribution is -0.00237. The quantitative estimate of drug-likeness (QED) is 0.792. The molecular formula is C15H22N2O5S. The molecule has 1 heterocycles. The van der Waals surface area contributed by atoms with E-state index in [0.29, 0.717) is 24.4 Å². The van der Waals surface area contributed by atoms with Gasteiger partial charge in [0.05, 0.1) is 11.9 Å². The van der Waals surface area contributed by atoms with Gasteiger partial charge in [0.2, 0.25) is 10.0 Å². The van der Waals surface area contributed by atoms with Crippen molar-refractivity contribution in [1.29, 1.82) is 0 Å². The number of anilines is 1. The topological polar surface area (TPSA) is 95.9 Å². The van der Waals surface area contributed by atoms with Crippen LogP contribution in [0.2, 0.25) is 0 Å². The molecule has 0 saturated carbocycles. The smallest absolute Gasteiger partial charge is 0.254 e. The standard InChI is InChI=1S/C15H22N2O5S/c1-3-22-14-10-17(9-13(14)18)15(19)11-5-7-12(8-6-11)16-23(20,21)4-2/h5-8,13-14,16,18H,3-4,9-10H2,1-2H3/t13-,14-/m1/s1. The molecule has 1 saturated heterocycles. The number of ether oxygens (including phenoxy) is 1. The van der Waals surface area contributed by atoms with Crippen LogP contribution in [-0.4, -0.2) is 62.0 Å². The van der Waals surface area contributed by atoms with Crippen LogP contribution in [0.25, 0.3) is 0 Å². The van der Waals surface area contributed by atoms with Crippen molar-refractivity contribution >= 4 is 21.6 Å². The summed E-state index contributed by atoms with van der Waals surface area (Å²) in [6.07, 6.45) is -1.05. The maximum Gasteiger partial charge on any atom is 0.254 e. The third-order valence-corrected chi connectivity index (χ3v) is 5.00. The van der Waals surface area contributed by atoms with Crippen LogP contribution in [0.15, 0.2) is 24.3 Å². The largest absolute Gasteiger partial charge is 0.388 e. The van der Waals surface area contributed by atoms with E-state index in [2.05, 4.69) is 4.72 Å². The molecule has 0 spiro atoms. The monoisotopic (exact) mass is 342 g/mol. The van der Waals surface area contributed by atoms with Crippen LogP contribution in [0.4, 0.5) is 5.69 Å². The first-order valence-corrected chi connectivity index (χ1v) is 9.21. The molecule has 0 bridgehead atoms. The Hall–Kier alpha value is -1.64. The van der Waals surface area contributed by atoms with Gasteiger partial charge in [-0.2, -0.15) is 0 Å².